The van der Waals surface area contributed by atoms with Crippen molar-refractivity contribution in [2.24, 2.45) is 17.4 Å². The zero-order chi connectivity index (χ0) is 6.85. The van der Waals surface area contributed by atoms with E-state index in [0.717, 1.165) is 5.70 Å². The van der Waals surface area contributed by atoms with E-state index >= 15 is 0 Å². The van der Waals surface area contributed by atoms with Gasteiger partial charge in [0.25, 0.3) is 0 Å². The fourth-order valence-electron chi connectivity index (χ4n) is 0.821. The van der Waals surface area contributed by atoms with E-state index in [1.54, 1.807) is 0 Å². The lowest BCUT2D eigenvalue weighted by molar-refractivity contribution is 0.620. The summed E-state index contributed by atoms with van der Waals surface area (Å²) in [6.45, 7) is 2.07. The molecule has 0 fully saturated rings. The van der Waals surface area contributed by atoms with Crippen molar-refractivity contribution < 1.29 is 0 Å². The largest absolute Gasteiger partial charge is 0.399 e. The van der Waals surface area contributed by atoms with Crippen LogP contribution < -0.4 is 11.5 Å². The summed E-state index contributed by atoms with van der Waals surface area (Å²) in [6, 6.07) is 0.106. The molecule has 9 heavy (non-hydrogen) atoms. The van der Waals surface area contributed by atoms with Crippen molar-refractivity contribution in [1.82, 2.24) is 0 Å². The highest BCUT2D eigenvalue weighted by Gasteiger charge is 2.09. The molecule has 0 aliphatic heterocycles. The van der Waals surface area contributed by atoms with Crippen molar-refractivity contribution in [3.8, 4) is 0 Å². The molecule has 0 radical (unpaired) electrons. The summed E-state index contributed by atoms with van der Waals surface area (Å²) in [7, 11) is 0. The third-order valence-corrected chi connectivity index (χ3v) is 1.58. The SMILES string of the molecule is CC1C=CC(N)=CC1N. The van der Waals surface area contributed by atoms with Gasteiger partial charge in [0, 0.05) is 11.7 Å². The smallest absolute Gasteiger partial charge is 0.0307 e. The summed E-state index contributed by atoms with van der Waals surface area (Å²) >= 11 is 0. The summed E-state index contributed by atoms with van der Waals surface area (Å²) in [6.07, 6.45) is 5.80. The first-order valence-corrected chi connectivity index (χ1v) is 3.11. The van der Waals surface area contributed by atoms with E-state index in [1.807, 2.05) is 18.2 Å². The highest BCUT2D eigenvalue weighted by molar-refractivity contribution is 5.23. The Kier molecular flexibility index (Phi) is 1.58. The molecule has 0 saturated carbocycles. The average Bonchev–Trinajstić information content (AvgIpc) is 1.80. The Bertz CT molecular complexity index is 158. The third kappa shape index (κ3) is 1.33. The standard InChI is InChI=1S/C7H12N2/c1-5-2-3-6(8)4-7(5)9/h2-5,7H,8-9H2,1H3. The molecule has 0 spiro atoms. The molecule has 0 aromatic heterocycles. The Morgan fingerprint density at radius 2 is 2.22 bits per heavy atom. The minimum absolute atomic E-state index is 0.106. The number of allylic oxidation sites excluding steroid dienone is 1. The van der Waals surface area contributed by atoms with Crippen LogP contribution in [0.2, 0.25) is 0 Å². The molecular formula is C7H12N2. The quantitative estimate of drug-likeness (QED) is 0.490. The predicted octanol–water partition coefficient (Wildman–Crippen LogP) is 0.362. The highest BCUT2D eigenvalue weighted by Crippen LogP contribution is 2.10. The van der Waals surface area contributed by atoms with E-state index in [2.05, 4.69) is 6.92 Å². The van der Waals surface area contributed by atoms with Crippen LogP contribution in [0.25, 0.3) is 0 Å². The van der Waals surface area contributed by atoms with Gasteiger partial charge < -0.3 is 11.5 Å². The van der Waals surface area contributed by atoms with Gasteiger partial charge in [0.2, 0.25) is 0 Å². The van der Waals surface area contributed by atoms with Crippen molar-refractivity contribution in [1.29, 1.82) is 0 Å². The Morgan fingerprint density at radius 1 is 1.56 bits per heavy atom. The molecule has 0 heterocycles. The van der Waals surface area contributed by atoms with Gasteiger partial charge in [-0.05, 0) is 18.1 Å². The second-order valence-electron chi connectivity index (χ2n) is 2.46. The molecule has 1 aliphatic carbocycles. The van der Waals surface area contributed by atoms with Crippen LogP contribution in [0.5, 0.6) is 0 Å². The maximum Gasteiger partial charge on any atom is 0.0307 e. The van der Waals surface area contributed by atoms with E-state index in [1.165, 1.54) is 0 Å². The lowest BCUT2D eigenvalue weighted by Gasteiger charge is -2.16. The number of hydrogen-bond donors (Lipinski definition) is 2. The minimum atomic E-state index is 0.106. The fourth-order valence-corrected chi connectivity index (χ4v) is 0.821. The number of hydrogen-bond acceptors (Lipinski definition) is 2. The first-order chi connectivity index (χ1) is 4.20. The Morgan fingerprint density at radius 3 is 2.67 bits per heavy atom. The van der Waals surface area contributed by atoms with E-state index in [0.29, 0.717) is 5.92 Å². The zero-order valence-electron chi connectivity index (χ0n) is 5.54. The van der Waals surface area contributed by atoms with Gasteiger partial charge in [0.1, 0.15) is 0 Å². The van der Waals surface area contributed by atoms with Crippen LogP contribution in [0.15, 0.2) is 23.9 Å². The second-order valence-corrected chi connectivity index (χ2v) is 2.46. The molecule has 2 atom stereocenters. The van der Waals surface area contributed by atoms with Gasteiger partial charge in [-0.15, -0.1) is 0 Å². The molecule has 1 aliphatic rings. The van der Waals surface area contributed by atoms with Gasteiger partial charge in [0.15, 0.2) is 0 Å². The van der Waals surface area contributed by atoms with Crippen LogP contribution in [0.1, 0.15) is 6.92 Å². The summed E-state index contributed by atoms with van der Waals surface area (Å²) in [5, 5.41) is 0. The Hall–Kier alpha value is -0.760. The van der Waals surface area contributed by atoms with Crippen LogP contribution in [0.3, 0.4) is 0 Å². The average molecular weight is 124 g/mol. The molecule has 0 saturated heterocycles. The molecule has 50 valence electrons. The van der Waals surface area contributed by atoms with E-state index in [4.69, 9.17) is 11.5 Å². The van der Waals surface area contributed by atoms with Gasteiger partial charge in [-0.2, -0.15) is 0 Å². The van der Waals surface area contributed by atoms with E-state index in [-0.39, 0.29) is 6.04 Å². The van der Waals surface area contributed by atoms with Crippen LogP contribution in [0, 0.1) is 5.92 Å². The van der Waals surface area contributed by atoms with Gasteiger partial charge in [-0.1, -0.05) is 13.0 Å². The molecule has 2 heteroatoms. The summed E-state index contributed by atoms with van der Waals surface area (Å²) in [5.41, 5.74) is 11.9. The van der Waals surface area contributed by atoms with Crippen molar-refractivity contribution in [3.05, 3.63) is 23.9 Å². The topological polar surface area (TPSA) is 52.0 Å². The van der Waals surface area contributed by atoms with Crippen molar-refractivity contribution in [2.45, 2.75) is 13.0 Å². The summed E-state index contributed by atoms with van der Waals surface area (Å²) in [5.74, 6) is 0.428. The van der Waals surface area contributed by atoms with Crippen LogP contribution in [-0.4, -0.2) is 6.04 Å². The molecule has 4 N–H and O–H groups in total. The molecular weight excluding hydrogens is 112 g/mol. The zero-order valence-corrected chi connectivity index (χ0v) is 5.54. The lowest BCUT2D eigenvalue weighted by atomic mass is 9.97. The molecule has 1 rings (SSSR count). The minimum Gasteiger partial charge on any atom is -0.399 e. The summed E-state index contributed by atoms with van der Waals surface area (Å²) < 4.78 is 0. The van der Waals surface area contributed by atoms with Crippen molar-refractivity contribution >= 4 is 0 Å². The first kappa shape index (κ1) is 6.36. The lowest BCUT2D eigenvalue weighted by Crippen LogP contribution is -2.27. The Balaban J connectivity index is 2.70. The van der Waals surface area contributed by atoms with Crippen molar-refractivity contribution in [2.75, 3.05) is 0 Å². The molecule has 2 nitrogen and oxygen atoms in total. The maximum atomic E-state index is 5.66. The number of rotatable bonds is 0. The van der Waals surface area contributed by atoms with Crippen molar-refractivity contribution in [3.63, 3.8) is 0 Å². The van der Waals surface area contributed by atoms with E-state index in [9.17, 15) is 0 Å². The van der Waals surface area contributed by atoms with Gasteiger partial charge >= 0.3 is 0 Å². The van der Waals surface area contributed by atoms with Crippen LogP contribution in [-0.2, 0) is 0 Å². The first-order valence-electron chi connectivity index (χ1n) is 3.11. The monoisotopic (exact) mass is 124 g/mol. The maximum absolute atomic E-state index is 5.66. The van der Waals surface area contributed by atoms with E-state index < -0.39 is 0 Å². The van der Waals surface area contributed by atoms with Crippen LogP contribution >= 0.6 is 0 Å². The van der Waals surface area contributed by atoms with Gasteiger partial charge in [-0.3, -0.25) is 0 Å². The normalized spacial score (nSPS) is 34.2. The predicted molar refractivity (Wildman–Crippen MR) is 38.5 cm³/mol. The van der Waals surface area contributed by atoms with Crippen LogP contribution in [0.4, 0.5) is 0 Å². The third-order valence-electron chi connectivity index (χ3n) is 1.58. The molecule has 0 amide bonds. The summed E-state index contributed by atoms with van der Waals surface area (Å²) in [4.78, 5) is 0. The van der Waals surface area contributed by atoms with Gasteiger partial charge in [0.05, 0.1) is 0 Å². The Labute approximate surface area is 55.2 Å². The molecule has 0 bridgehead atoms. The second kappa shape index (κ2) is 2.23. The fraction of sp³-hybridized carbons (Fsp3) is 0.429. The molecule has 2 unspecified atom stereocenters. The number of nitrogens with two attached hydrogens (primary N) is 2. The molecule has 0 aromatic carbocycles. The highest BCUT2D eigenvalue weighted by atomic mass is 14.7. The molecule has 0 aromatic rings. The van der Waals surface area contributed by atoms with Gasteiger partial charge in [-0.25, -0.2) is 0 Å².